The molecule has 0 bridgehead atoms. The van der Waals surface area contributed by atoms with Crippen LogP contribution < -0.4 is 0 Å². The van der Waals surface area contributed by atoms with Gasteiger partial charge in [-0.25, -0.2) is 0 Å². The van der Waals surface area contributed by atoms with Crippen molar-refractivity contribution in [2.75, 3.05) is 0 Å². The van der Waals surface area contributed by atoms with Crippen molar-refractivity contribution in [1.82, 2.24) is 4.98 Å². The van der Waals surface area contributed by atoms with Crippen LogP contribution in [0.25, 0.3) is 0 Å². The molecule has 1 aromatic carbocycles. The second-order valence-electron chi connectivity index (χ2n) is 7.89. The van der Waals surface area contributed by atoms with E-state index in [9.17, 15) is 18.3 Å². The molecule has 142 valence electrons. The molecule has 2 rings (SSSR count). The predicted octanol–water partition coefficient (Wildman–Crippen LogP) is 5.21. The van der Waals surface area contributed by atoms with Gasteiger partial charge in [-0.2, -0.15) is 13.2 Å². The predicted molar refractivity (Wildman–Crippen MR) is 97.2 cm³/mol. The van der Waals surface area contributed by atoms with E-state index in [0.717, 1.165) is 11.1 Å². The number of hydrogen-bond donors (Lipinski definition) is 1. The minimum absolute atomic E-state index is 0.423. The van der Waals surface area contributed by atoms with E-state index < -0.39 is 30.0 Å². The third-order valence-corrected chi connectivity index (χ3v) is 4.70. The topological polar surface area (TPSA) is 33.1 Å². The first-order valence-electron chi connectivity index (χ1n) is 8.63. The normalized spacial score (nSPS) is 15.0. The molecule has 1 heterocycles. The quantitative estimate of drug-likeness (QED) is 0.789. The molecule has 0 radical (unpaired) electrons. The standard InChI is InChI=1S/C21H26F3NO/c1-14-7-6-8-18(9-14)19(4,5)13-20(26,21(22,23)24)12-17-10-15(2)25-16(3)11-17/h6-11,26H,12-13H2,1-5H3. The Labute approximate surface area is 153 Å². The summed E-state index contributed by atoms with van der Waals surface area (Å²) in [6.45, 7) is 8.85. The van der Waals surface area contributed by atoms with Gasteiger partial charge in [0, 0.05) is 17.8 Å². The molecule has 0 saturated heterocycles. The van der Waals surface area contributed by atoms with Gasteiger partial charge in [0.15, 0.2) is 5.60 Å². The van der Waals surface area contributed by atoms with E-state index in [1.165, 1.54) is 0 Å². The van der Waals surface area contributed by atoms with Crippen LogP contribution in [0.5, 0.6) is 0 Å². The summed E-state index contributed by atoms with van der Waals surface area (Å²) in [5.74, 6) is 0. The number of aliphatic hydroxyl groups is 1. The van der Waals surface area contributed by atoms with Gasteiger partial charge in [-0.15, -0.1) is 0 Å². The maximum Gasteiger partial charge on any atom is 0.417 e. The molecule has 0 aliphatic rings. The maximum absolute atomic E-state index is 13.9. The Kier molecular flexibility index (Phi) is 5.52. The molecule has 0 amide bonds. The van der Waals surface area contributed by atoms with Crippen LogP contribution in [0.4, 0.5) is 13.2 Å². The third kappa shape index (κ3) is 4.64. The van der Waals surface area contributed by atoms with Crippen molar-refractivity contribution < 1.29 is 18.3 Å². The lowest BCUT2D eigenvalue weighted by molar-refractivity contribution is -0.266. The summed E-state index contributed by atoms with van der Waals surface area (Å²) in [5, 5.41) is 10.7. The lowest BCUT2D eigenvalue weighted by Crippen LogP contribution is -2.50. The van der Waals surface area contributed by atoms with E-state index in [4.69, 9.17) is 0 Å². The molecule has 5 heteroatoms. The van der Waals surface area contributed by atoms with E-state index in [0.29, 0.717) is 17.0 Å². The van der Waals surface area contributed by atoms with Crippen molar-refractivity contribution in [3.8, 4) is 0 Å². The lowest BCUT2D eigenvalue weighted by atomic mass is 9.73. The second kappa shape index (κ2) is 7.03. The van der Waals surface area contributed by atoms with Gasteiger partial charge in [0.2, 0.25) is 0 Å². The van der Waals surface area contributed by atoms with Crippen LogP contribution in [0.2, 0.25) is 0 Å². The fourth-order valence-corrected chi connectivity index (χ4v) is 3.52. The molecule has 1 unspecified atom stereocenters. The number of rotatable bonds is 5. The Morgan fingerprint density at radius 1 is 0.962 bits per heavy atom. The zero-order valence-corrected chi connectivity index (χ0v) is 15.9. The van der Waals surface area contributed by atoms with Crippen molar-refractivity contribution in [2.24, 2.45) is 0 Å². The van der Waals surface area contributed by atoms with Crippen LogP contribution in [0.1, 0.15) is 48.3 Å². The average Bonchev–Trinajstić information content (AvgIpc) is 2.44. The smallest absolute Gasteiger partial charge is 0.380 e. The van der Waals surface area contributed by atoms with Gasteiger partial charge in [-0.05, 0) is 55.9 Å². The molecule has 1 atom stereocenters. The zero-order valence-electron chi connectivity index (χ0n) is 15.9. The highest BCUT2D eigenvalue weighted by atomic mass is 19.4. The van der Waals surface area contributed by atoms with E-state index >= 15 is 0 Å². The molecule has 0 spiro atoms. The number of aromatic nitrogens is 1. The SMILES string of the molecule is Cc1cccc(C(C)(C)CC(O)(Cc2cc(C)nc(C)c2)C(F)(F)F)c1. The van der Waals surface area contributed by atoms with Gasteiger partial charge in [0.05, 0.1) is 0 Å². The molecule has 0 aliphatic carbocycles. The first-order valence-corrected chi connectivity index (χ1v) is 8.63. The van der Waals surface area contributed by atoms with Crippen molar-refractivity contribution in [3.05, 3.63) is 64.5 Å². The largest absolute Gasteiger partial charge is 0.417 e. The van der Waals surface area contributed by atoms with Crippen molar-refractivity contribution in [1.29, 1.82) is 0 Å². The molecule has 26 heavy (non-hydrogen) atoms. The summed E-state index contributed by atoms with van der Waals surface area (Å²) in [7, 11) is 0. The first-order chi connectivity index (χ1) is 11.8. The Morgan fingerprint density at radius 3 is 2.04 bits per heavy atom. The first kappa shape index (κ1) is 20.4. The zero-order chi connectivity index (χ0) is 19.8. The van der Waals surface area contributed by atoms with Crippen LogP contribution >= 0.6 is 0 Å². The molecular formula is C21H26F3NO. The molecule has 2 nitrogen and oxygen atoms in total. The minimum atomic E-state index is -4.74. The second-order valence-corrected chi connectivity index (χ2v) is 7.89. The Balaban J connectivity index is 2.40. The van der Waals surface area contributed by atoms with Crippen LogP contribution in [-0.4, -0.2) is 21.9 Å². The van der Waals surface area contributed by atoms with Crippen LogP contribution in [-0.2, 0) is 11.8 Å². The Hall–Kier alpha value is -1.88. The Morgan fingerprint density at radius 2 is 1.54 bits per heavy atom. The minimum Gasteiger partial charge on any atom is -0.380 e. The number of hydrogen-bond acceptors (Lipinski definition) is 2. The maximum atomic E-state index is 13.9. The van der Waals surface area contributed by atoms with Gasteiger partial charge in [-0.1, -0.05) is 43.7 Å². The van der Waals surface area contributed by atoms with Crippen molar-refractivity contribution >= 4 is 0 Å². The number of benzene rings is 1. The summed E-state index contributed by atoms with van der Waals surface area (Å²) in [5.41, 5.74) is -0.179. The molecule has 0 aliphatic heterocycles. The summed E-state index contributed by atoms with van der Waals surface area (Å²) < 4.78 is 41.6. The van der Waals surface area contributed by atoms with Crippen LogP contribution in [0.15, 0.2) is 36.4 Å². The summed E-state index contributed by atoms with van der Waals surface area (Å²) >= 11 is 0. The third-order valence-electron chi connectivity index (χ3n) is 4.70. The summed E-state index contributed by atoms with van der Waals surface area (Å²) in [4.78, 5) is 4.20. The van der Waals surface area contributed by atoms with Crippen LogP contribution in [0.3, 0.4) is 0 Å². The number of nitrogens with zero attached hydrogens (tertiary/aromatic N) is 1. The number of aryl methyl sites for hydroxylation is 3. The molecule has 2 aromatic rings. The lowest BCUT2D eigenvalue weighted by Gasteiger charge is -2.38. The van der Waals surface area contributed by atoms with Gasteiger partial charge in [0.1, 0.15) is 0 Å². The highest BCUT2D eigenvalue weighted by molar-refractivity contribution is 5.30. The fourth-order valence-electron chi connectivity index (χ4n) is 3.52. The van der Waals surface area contributed by atoms with Gasteiger partial charge in [0.25, 0.3) is 0 Å². The van der Waals surface area contributed by atoms with E-state index in [1.54, 1.807) is 39.8 Å². The molecule has 0 fully saturated rings. The average molecular weight is 365 g/mol. The van der Waals surface area contributed by atoms with Gasteiger partial charge < -0.3 is 5.11 Å². The van der Waals surface area contributed by atoms with Gasteiger partial charge in [-0.3, -0.25) is 4.98 Å². The highest BCUT2D eigenvalue weighted by Crippen LogP contribution is 2.43. The molecular weight excluding hydrogens is 339 g/mol. The van der Waals surface area contributed by atoms with Crippen LogP contribution in [0, 0.1) is 20.8 Å². The monoisotopic (exact) mass is 365 g/mol. The van der Waals surface area contributed by atoms with Crippen molar-refractivity contribution in [3.63, 3.8) is 0 Å². The summed E-state index contributed by atoms with van der Waals surface area (Å²) in [6.07, 6.45) is -5.65. The van der Waals surface area contributed by atoms with Gasteiger partial charge >= 0.3 is 6.18 Å². The number of pyridine rings is 1. The highest BCUT2D eigenvalue weighted by Gasteiger charge is 2.55. The van der Waals surface area contributed by atoms with Crippen molar-refractivity contribution in [2.45, 2.75) is 64.7 Å². The number of alkyl halides is 3. The van der Waals surface area contributed by atoms with E-state index in [2.05, 4.69) is 4.98 Å². The molecule has 1 N–H and O–H groups in total. The summed E-state index contributed by atoms with van der Waals surface area (Å²) in [6, 6.07) is 10.6. The molecule has 0 saturated carbocycles. The Bertz CT molecular complexity index is 763. The molecule has 1 aromatic heterocycles. The fraction of sp³-hybridized carbons (Fsp3) is 0.476. The van der Waals surface area contributed by atoms with E-state index in [1.807, 2.05) is 31.2 Å². The van der Waals surface area contributed by atoms with E-state index in [-0.39, 0.29) is 0 Å². The number of halogens is 3.